The van der Waals surface area contributed by atoms with Crippen LogP contribution in [-0.2, 0) is 4.79 Å². The lowest BCUT2D eigenvalue weighted by atomic mass is 9.97. The third kappa shape index (κ3) is 3.82. The Balaban J connectivity index is 2.34. The summed E-state index contributed by atoms with van der Waals surface area (Å²) >= 11 is 0. The predicted molar refractivity (Wildman–Crippen MR) is 60.5 cm³/mol. The minimum absolute atomic E-state index is 0.0767. The fraction of sp³-hybridized carbons (Fsp3) is 0.917. The van der Waals surface area contributed by atoms with E-state index in [9.17, 15) is 9.90 Å². The second-order valence-electron chi connectivity index (χ2n) is 5.30. The Labute approximate surface area is 92.3 Å². The number of amides is 1. The average molecular weight is 213 g/mol. The quantitative estimate of drug-likeness (QED) is 0.748. The van der Waals surface area contributed by atoms with E-state index in [1.165, 1.54) is 25.7 Å². The van der Waals surface area contributed by atoms with Crippen molar-refractivity contribution < 1.29 is 9.90 Å². The van der Waals surface area contributed by atoms with Gasteiger partial charge in [0.1, 0.15) is 0 Å². The van der Waals surface area contributed by atoms with Gasteiger partial charge in [-0.15, -0.1) is 0 Å². The molecule has 0 aromatic rings. The zero-order chi connectivity index (χ0) is 11.5. The fourth-order valence-electron chi connectivity index (χ4n) is 1.99. The Bertz CT molecular complexity index is 218. The summed E-state index contributed by atoms with van der Waals surface area (Å²) in [7, 11) is 0. The monoisotopic (exact) mass is 213 g/mol. The molecule has 0 bridgehead atoms. The highest BCUT2D eigenvalue weighted by Gasteiger charge is 2.27. The standard InChI is InChI=1S/C12H23NO2/c1-9(14)12(2,3)13-11(15)8-10-6-4-5-7-10/h9-10,14H,4-8H2,1-3H3,(H,13,15). The van der Waals surface area contributed by atoms with E-state index in [1.54, 1.807) is 6.92 Å². The minimum Gasteiger partial charge on any atom is -0.391 e. The maximum Gasteiger partial charge on any atom is 0.220 e. The first-order chi connectivity index (χ1) is 6.92. The molecule has 88 valence electrons. The van der Waals surface area contributed by atoms with Crippen LogP contribution in [0.1, 0.15) is 52.9 Å². The predicted octanol–water partition coefficient (Wildman–Crippen LogP) is 1.84. The zero-order valence-corrected chi connectivity index (χ0v) is 10.0. The zero-order valence-electron chi connectivity index (χ0n) is 10.0. The van der Waals surface area contributed by atoms with E-state index < -0.39 is 11.6 Å². The molecule has 1 aliphatic rings. The highest BCUT2D eigenvalue weighted by Crippen LogP contribution is 2.27. The van der Waals surface area contributed by atoms with Gasteiger partial charge in [0.2, 0.25) is 5.91 Å². The van der Waals surface area contributed by atoms with Gasteiger partial charge in [0.25, 0.3) is 0 Å². The van der Waals surface area contributed by atoms with Crippen molar-refractivity contribution in [2.75, 3.05) is 0 Å². The van der Waals surface area contributed by atoms with Crippen LogP contribution in [0.4, 0.5) is 0 Å². The summed E-state index contributed by atoms with van der Waals surface area (Å²) in [6.07, 6.45) is 4.99. The second-order valence-corrected chi connectivity index (χ2v) is 5.30. The number of hydrogen-bond donors (Lipinski definition) is 2. The van der Waals surface area contributed by atoms with E-state index in [2.05, 4.69) is 5.32 Å². The number of aliphatic hydroxyl groups excluding tert-OH is 1. The van der Waals surface area contributed by atoms with Gasteiger partial charge in [-0.3, -0.25) is 4.79 Å². The molecular weight excluding hydrogens is 190 g/mol. The molecule has 0 radical (unpaired) electrons. The third-order valence-corrected chi connectivity index (χ3v) is 3.45. The van der Waals surface area contributed by atoms with Crippen molar-refractivity contribution in [3.8, 4) is 0 Å². The lowest BCUT2D eigenvalue weighted by Crippen LogP contribution is -2.51. The Hall–Kier alpha value is -0.570. The smallest absolute Gasteiger partial charge is 0.220 e. The summed E-state index contributed by atoms with van der Waals surface area (Å²) in [6.45, 7) is 5.41. The van der Waals surface area contributed by atoms with Crippen LogP contribution in [0, 0.1) is 5.92 Å². The van der Waals surface area contributed by atoms with Crippen molar-refractivity contribution in [3.63, 3.8) is 0 Å². The fourth-order valence-corrected chi connectivity index (χ4v) is 1.99. The molecule has 0 aromatic carbocycles. The van der Waals surface area contributed by atoms with Crippen LogP contribution in [0.15, 0.2) is 0 Å². The van der Waals surface area contributed by atoms with Gasteiger partial charge in [0.05, 0.1) is 11.6 Å². The number of carbonyl (C=O) groups excluding carboxylic acids is 1. The van der Waals surface area contributed by atoms with Crippen LogP contribution in [-0.4, -0.2) is 22.7 Å². The van der Waals surface area contributed by atoms with Crippen LogP contribution in [0.2, 0.25) is 0 Å². The molecule has 1 atom stereocenters. The molecule has 2 N–H and O–H groups in total. The summed E-state index contributed by atoms with van der Waals surface area (Å²) in [4.78, 5) is 11.7. The van der Waals surface area contributed by atoms with Gasteiger partial charge in [0, 0.05) is 6.42 Å². The van der Waals surface area contributed by atoms with Gasteiger partial charge in [-0.2, -0.15) is 0 Å². The average Bonchev–Trinajstić information content (AvgIpc) is 2.54. The van der Waals surface area contributed by atoms with Crippen molar-refractivity contribution in [1.82, 2.24) is 5.32 Å². The van der Waals surface area contributed by atoms with E-state index in [0.29, 0.717) is 12.3 Å². The lowest BCUT2D eigenvalue weighted by molar-refractivity contribution is -0.124. The number of carbonyl (C=O) groups is 1. The normalized spacial score (nSPS) is 20.3. The van der Waals surface area contributed by atoms with E-state index in [4.69, 9.17) is 0 Å². The third-order valence-electron chi connectivity index (χ3n) is 3.45. The molecule has 0 saturated heterocycles. The molecule has 1 fully saturated rings. The summed E-state index contributed by atoms with van der Waals surface area (Å²) in [5.74, 6) is 0.641. The van der Waals surface area contributed by atoms with E-state index >= 15 is 0 Å². The molecule has 3 nitrogen and oxygen atoms in total. The molecule has 0 aliphatic heterocycles. The van der Waals surface area contributed by atoms with E-state index in [0.717, 1.165) is 0 Å². The molecule has 1 rings (SSSR count). The first kappa shape index (κ1) is 12.5. The van der Waals surface area contributed by atoms with E-state index in [1.807, 2.05) is 13.8 Å². The second kappa shape index (κ2) is 4.97. The van der Waals surface area contributed by atoms with Gasteiger partial charge in [-0.1, -0.05) is 12.8 Å². The van der Waals surface area contributed by atoms with Crippen LogP contribution >= 0.6 is 0 Å². The molecular formula is C12H23NO2. The summed E-state index contributed by atoms with van der Waals surface area (Å²) in [5.41, 5.74) is -0.518. The van der Waals surface area contributed by atoms with Gasteiger partial charge in [-0.25, -0.2) is 0 Å². The maximum absolute atomic E-state index is 11.7. The van der Waals surface area contributed by atoms with Crippen LogP contribution < -0.4 is 5.32 Å². The summed E-state index contributed by atoms with van der Waals surface area (Å²) < 4.78 is 0. The minimum atomic E-state index is -0.523. The molecule has 0 heterocycles. The maximum atomic E-state index is 11.7. The first-order valence-corrected chi connectivity index (χ1v) is 5.91. The highest BCUT2D eigenvalue weighted by molar-refractivity contribution is 5.77. The highest BCUT2D eigenvalue weighted by atomic mass is 16.3. The van der Waals surface area contributed by atoms with Crippen LogP contribution in [0.25, 0.3) is 0 Å². The molecule has 15 heavy (non-hydrogen) atoms. The van der Waals surface area contributed by atoms with Gasteiger partial charge in [0.15, 0.2) is 0 Å². The Morgan fingerprint density at radius 2 is 2.00 bits per heavy atom. The summed E-state index contributed by atoms with van der Waals surface area (Å²) in [6, 6.07) is 0. The van der Waals surface area contributed by atoms with Crippen LogP contribution in [0.5, 0.6) is 0 Å². The first-order valence-electron chi connectivity index (χ1n) is 5.91. The van der Waals surface area contributed by atoms with E-state index in [-0.39, 0.29) is 5.91 Å². The SMILES string of the molecule is CC(O)C(C)(C)NC(=O)CC1CCCC1. The van der Waals surface area contributed by atoms with Crippen molar-refractivity contribution in [3.05, 3.63) is 0 Å². The summed E-state index contributed by atoms with van der Waals surface area (Å²) in [5, 5.41) is 12.4. The van der Waals surface area contributed by atoms with Gasteiger partial charge >= 0.3 is 0 Å². The molecule has 1 unspecified atom stereocenters. The Morgan fingerprint density at radius 3 is 2.47 bits per heavy atom. The Kier molecular flexibility index (Phi) is 4.14. The lowest BCUT2D eigenvalue weighted by Gasteiger charge is -2.29. The number of aliphatic hydroxyl groups is 1. The van der Waals surface area contributed by atoms with Gasteiger partial charge in [-0.05, 0) is 39.5 Å². The van der Waals surface area contributed by atoms with Crippen molar-refractivity contribution in [2.24, 2.45) is 5.92 Å². The van der Waals surface area contributed by atoms with Crippen molar-refractivity contribution >= 4 is 5.91 Å². The molecule has 1 amide bonds. The van der Waals surface area contributed by atoms with Crippen molar-refractivity contribution in [2.45, 2.75) is 64.5 Å². The number of nitrogens with one attached hydrogen (secondary N) is 1. The number of hydrogen-bond acceptors (Lipinski definition) is 2. The molecule has 1 aliphatic carbocycles. The number of rotatable bonds is 4. The molecule has 0 spiro atoms. The van der Waals surface area contributed by atoms with Crippen LogP contribution in [0.3, 0.4) is 0 Å². The molecule has 1 saturated carbocycles. The molecule has 0 aromatic heterocycles. The van der Waals surface area contributed by atoms with Crippen molar-refractivity contribution in [1.29, 1.82) is 0 Å². The Morgan fingerprint density at radius 1 is 1.47 bits per heavy atom. The molecule has 3 heteroatoms. The van der Waals surface area contributed by atoms with Gasteiger partial charge < -0.3 is 10.4 Å². The largest absolute Gasteiger partial charge is 0.391 e. The topological polar surface area (TPSA) is 49.3 Å².